The summed E-state index contributed by atoms with van der Waals surface area (Å²) in [6, 6.07) is 10.1. The second kappa shape index (κ2) is 6.81. The number of hydrogen-bond donors (Lipinski definition) is 1. The molecule has 0 atom stereocenters. The van der Waals surface area contributed by atoms with Crippen LogP contribution in [-0.2, 0) is 21.2 Å². The summed E-state index contributed by atoms with van der Waals surface area (Å²) in [6.45, 7) is 0.173. The second-order valence-electron chi connectivity index (χ2n) is 5.62. The van der Waals surface area contributed by atoms with Gasteiger partial charge in [-0.05, 0) is 48.0 Å². The maximum atomic E-state index is 12.8. The van der Waals surface area contributed by atoms with Gasteiger partial charge in [0.2, 0.25) is 15.9 Å². The molecule has 0 aromatic heterocycles. The van der Waals surface area contributed by atoms with Gasteiger partial charge in [0.05, 0.1) is 11.3 Å². The van der Waals surface area contributed by atoms with E-state index in [0.29, 0.717) is 11.3 Å². The Labute approximate surface area is 145 Å². The van der Waals surface area contributed by atoms with E-state index < -0.39 is 10.0 Å². The van der Waals surface area contributed by atoms with Crippen LogP contribution >= 0.6 is 0 Å². The zero-order chi connectivity index (χ0) is 18.0. The number of fused-ring (bicyclic) bond motifs is 1. The molecule has 0 saturated heterocycles. The van der Waals surface area contributed by atoms with Crippen molar-refractivity contribution in [2.45, 2.75) is 11.3 Å². The van der Waals surface area contributed by atoms with Gasteiger partial charge >= 0.3 is 0 Å². The fourth-order valence-corrected chi connectivity index (χ4v) is 3.64. The Morgan fingerprint density at radius 1 is 1.20 bits per heavy atom. The summed E-state index contributed by atoms with van der Waals surface area (Å²) in [4.78, 5) is 13.3. The van der Waals surface area contributed by atoms with Crippen molar-refractivity contribution in [1.29, 1.82) is 0 Å². The van der Waals surface area contributed by atoms with Crippen LogP contribution < -0.4 is 14.4 Å². The number of ether oxygens (including phenoxy) is 1. The molecule has 1 amide bonds. The van der Waals surface area contributed by atoms with E-state index in [0.717, 1.165) is 5.69 Å². The molecule has 2 aromatic rings. The van der Waals surface area contributed by atoms with Gasteiger partial charge in [-0.15, -0.1) is 0 Å². The van der Waals surface area contributed by atoms with E-state index in [9.17, 15) is 17.6 Å². The van der Waals surface area contributed by atoms with Gasteiger partial charge in [0, 0.05) is 19.3 Å². The Hall–Kier alpha value is -2.45. The molecule has 6 nitrogen and oxygen atoms in total. The predicted molar refractivity (Wildman–Crippen MR) is 90.6 cm³/mol. The van der Waals surface area contributed by atoms with Crippen LogP contribution in [0, 0.1) is 5.82 Å². The van der Waals surface area contributed by atoms with Crippen LogP contribution in [0.3, 0.4) is 0 Å². The quantitative estimate of drug-likeness (QED) is 0.792. The summed E-state index contributed by atoms with van der Waals surface area (Å²) in [6.07, 6.45) is 0.197. The number of hydrogen-bond acceptors (Lipinski definition) is 4. The summed E-state index contributed by atoms with van der Waals surface area (Å²) in [7, 11) is -2.04. The Balaban J connectivity index is 1.60. The highest BCUT2D eigenvalue weighted by molar-refractivity contribution is 7.89. The lowest BCUT2D eigenvalue weighted by Crippen LogP contribution is -2.28. The number of amides is 1. The normalized spacial score (nSPS) is 13.8. The number of anilines is 1. The van der Waals surface area contributed by atoms with Gasteiger partial charge in [0.1, 0.15) is 18.2 Å². The fourth-order valence-electron chi connectivity index (χ4n) is 2.57. The number of carbonyl (C=O) groups excluding carboxylic acids is 1. The molecule has 0 radical (unpaired) electrons. The lowest BCUT2D eigenvalue weighted by Gasteiger charge is -2.12. The van der Waals surface area contributed by atoms with Crippen molar-refractivity contribution in [2.75, 3.05) is 25.1 Å². The summed E-state index contributed by atoms with van der Waals surface area (Å²) in [5.41, 5.74) is 1.42. The molecule has 1 heterocycles. The molecule has 25 heavy (non-hydrogen) atoms. The van der Waals surface area contributed by atoms with Crippen LogP contribution in [0.2, 0.25) is 0 Å². The molecule has 1 aliphatic heterocycles. The van der Waals surface area contributed by atoms with E-state index in [-0.39, 0.29) is 36.2 Å². The maximum Gasteiger partial charge on any atom is 0.240 e. The molecule has 8 heteroatoms. The number of likely N-dealkylation sites (N-methyl/N-ethyl adjacent to an activating group) is 1. The predicted octanol–water partition coefficient (Wildman–Crippen LogP) is 1.70. The first kappa shape index (κ1) is 17.4. The summed E-state index contributed by atoms with van der Waals surface area (Å²) < 4.78 is 45.3. The van der Waals surface area contributed by atoms with Crippen LogP contribution in [0.15, 0.2) is 47.4 Å². The lowest BCUT2D eigenvalue weighted by molar-refractivity contribution is -0.117. The topological polar surface area (TPSA) is 75.7 Å². The zero-order valence-electron chi connectivity index (χ0n) is 13.5. The standard InChI is InChI=1S/C17H17FN2O4S/c1-20-16-7-6-15(10-12(16)11-17(20)21)25(22,23)19-8-9-24-14-4-2-13(18)3-5-14/h2-7,10,19H,8-9,11H2,1H3. The number of halogens is 1. The summed E-state index contributed by atoms with van der Waals surface area (Å²) >= 11 is 0. The average Bonchev–Trinajstić information content (AvgIpc) is 2.87. The van der Waals surface area contributed by atoms with Crippen LogP contribution in [-0.4, -0.2) is 34.5 Å². The first-order chi connectivity index (χ1) is 11.9. The van der Waals surface area contributed by atoms with Crippen LogP contribution in [0.1, 0.15) is 5.56 Å². The lowest BCUT2D eigenvalue weighted by atomic mass is 10.2. The average molecular weight is 364 g/mol. The number of nitrogens with zero attached hydrogens (tertiary/aromatic N) is 1. The van der Waals surface area contributed by atoms with Crippen molar-refractivity contribution in [3.05, 3.63) is 53.8 Å². The van der Waals surface area contributed by atoms with E-state index >= 15 is 0 Å². The Kier molecular flexibility index (Phi) is 4.73. The summed E-state index contributed by atoms with van der Waals surface area (Å²) in [5, 5.41) is 0. The molecule has 0 spiro atoms. The highest BCUT2D eigenvalue weighted by Gasteiger charge is 2.26. The second-order valence-corrected chi connectivity index (χ2v) is 7.39. The molecule has 3 rings (SSSR count). The highest BCUT2D eigenvalue weighted by Crippen LogP contribution is 2.29. The van der Waals surface area contributed by atoms with Gasteiger partial charge in [-0.2, -0.15) is 0 Å². The Bertz CT molecular complexity index is 897. The smallest absolute Gasteiger partial charge is 0.240 e. The molecule has 1 aliphatic rings. The van der Waals surface area contributed by atoms with E-state index in [1.54, 1.807) is 13.1 Å². The van der Waals surface area contributed by atoms with E-state index in [4.69, 9.17) is 4.74 Å². The number of carbonyl (C=O) groups is 1. The first-order valence-corrected chi connectivity index (χ1v) is 9.13. The molecule has 0 aliphatic carbocycles. The maximum absolute atomic E-state index is 12.8. The molecule has 2 aromatic carbocycles. The molecule has 0 bridgehead atoms. The van der Waals surface area contributed by atoms with Gasteiger partial charge in [-0.1, -0.05) is 0 Å². The van der Waals surface area contributed by atoms with Crippen LogP contribution in [0.25, 0.3) is 0 Å². The number of rotatable bonds is 6. The van der Waals surface area contributed by atoms with Crippen LogP contribution in [0.5, 0.6) is 5.75 Å². The molecular weight excluding hydrogens is 347 g/mol. The van der Waals surface area contributed by atoms with Gasteiger partial charge in [-0.25, -0.2) is 17.5 Å². The third kappa shape index (κ3) is 3.80. The molecule has 1 N–H and O–H groups in total. The highest BCUT2D eigenvalue weighted by atomic mass is 32.2. The number of benzene rings is 2. The van der Waals surface area contributed by atoms with Gasteiger partial charge < -0.3 is 9.64 Å². The largest absolute Gasteiger partial charge is 0.492 e. The van der Waals surface area contributed by atoms with Crippen molar-refractivity contribution < 1.29 is 22.3 Å². The first-order valence-electron chi connectivity index (χ1n) is 7.64. The van der Waals surface area contributed by atoms with Crippen molar-refractivity contribution in [3.63, 3.8) is 0 Å². The van der Waals surface area contributed by atoms with Crippen molar-refractivity contribution in [1.82, 2.24) is 4.72 Å². The fraction of sp³-hybridized carbons (Fsp3) is 0.235. The minimum Gasteiger partial charge on any atom is -0.492 e. The van der Waals surface area contributed by atoms with E-state index in [1.807, 2.05) is 0 Å². The Morgan fingerprint density at radius 3 is 2.64 bits per heavy atom. The number of sulfonamides is 1. The van der Waals surface area contributed by atoms with E-state index in [2.05, 4.69) is 4.72 Å². The summed E-state index contributed by atoms with van der Waals surface area (Å²) in [5.74, 6) is 0.0265. The molecule has 0 fully saturated rings. The minimum absolute atomic E-state index is 0.0646. The SMILES string of the molecule is CN1C(=O)Cc2cc(S(=O)(=O)NCCOc3ccc(F)cc3)ccc21. The van der Waals surface area contributed by atoms with Crippen molar-refractivity contribution >= 4 is 21.6 Å². The molecular formula is C17H17FN2O4S. The Morgan fingerprint density at radius 2 is 1.92 bits per heavy atom. The monoisotopic (exact) mass is 364 g/mol. The molecule has 0 unspecified atom stereocenters. The van der Waals surface area contributed by atoms with Crippen LogP contribution in [0.4, 0.5) is 10.1 Å². The van der Waals surface area contributed by atoms with Gasteiger partial charge in [0.25, 0.3) is 0 Å². The molecule has 0 saturated carbocycles. The number of nitrogens with one attached hydrogen (secondary N) is 1. The van der Waals surface area contributed by atoms with Crippen molar-refractivity contribution in [3.8, 4) is 5.75 Å². The zero-order valence-corrected chi connectivity index (χ0v) is 14.3. The third-order valence-electron chi connectivity index (χ3n) is 3.91. The third-order valence-corrected chi connectivity index (χ3v) is 5.37. The molecule has 132 valence electrons. The van der Waals surface area contributed by atoms with E-state index in [1.165, 1.54) is 41.3 Å². The minimum atomic E-state index is -3.70. The van der Waals surface area contributed by atoms with Gasteiger partial charge in [0.15, 0.2) is 0 Å². The van der Waals surface area contributed by atoms with Crippen molar-refractivity contribution in [2.24, 2.45) is 0 Å². The van der Waals surface area contributed by atoms with Gasteiger partial charge in [-0.3, -0.25) is 4.79 Å².